The molecule has 2 fully saturated rings. The molecule has 2 aliphatic heterocycles. The molecule has 0 radical (unpaired) electrons. The minimum atomic E-state index is -0.0303. The normalized spacial score (nSPS) is 18.7. The van der Waals surface area contributed by atoms with Crippen LogP contribution in [0.4, 0.5) is 11.4 Å². The van der Waals surface area contributed by atoms with Gasteiger partial charge in [0, 0.05) is 64.1 Å². The van der Waals surface area contributed by atoms with Gasteiger partial charge in [0.15, 0.2) is 0 Å². The van der Waals surface area contributed by atoms with E-state index in [1.54, 1.807) is 6.92 Å². The Morgan fingerprint density at radius 3 is 2.39 bits per heavy atom. The van der Waals surface area contributed by atoms with Crippen LogP contribution in [-0.4, -0.2) is 61.7 Å². The minimum absolute atomic E-state index is 0.0303. The maximum atomic E-state index is 11.3. The number of piperazine rings is 1. The number of hydroxylamine groups is 2. The Hall–Kier alpha value is -2.57. The third kappa shape index (κ3) is 6.21. The quantitative estimate of drug-likeness (QED) is 0.768. The molecule has 6 heteroatoms. The summed E-state index contributed by atoms with van der Waals surface area (Å²) < 4.78 is 0. The number of amides is 1. The number of nitrogens with one attached hydrogen (secondary N) is 1. The maximum absolute atomic E-state index is 11.3. The third-order valence-electron chi connectivity index (χ3n) is 6.25. The second-order valence-electron chi connectivity index (χ2n) is 8.80. The molecule has 2 aliphatic rings. The third-order valence-corrected chi connectivity index (χ3v) is 6.25. The van der Waals surface area contributed by atoms with Crippen molar-refractivity contribution in [1.82, 2.24) is 9.96 Å². The van der Waals surface area contributed by atoms with Crippen molar-refractivity contribution >= 4 is 17.3 Å². The zero-order chi connectivity index (χ0) is 21.6. The van der Waals surface area contributed by atoms with Crippen molar-refractivity contribution in [2.45, 2.75) is 26.7 Å². The van der Waals surface area contributed by atoms with Crippen LogP contribution in [0.3, 0.4) is 0 Å². The molecule has 0 aromatic heterocycles. The molecule has 1 N–H and O–H groups in total. The maximum Gasteiger partial charge on any atom is 0.221 e. The monoisotopic (exact) mass is 422 g/mol. The summed E-state index contributed by atoms with van der Waals surface area (Å²) in [4.78, 5) is 22.4. The van der Waals surface area contributed by atoms with Gasteiger partial charge in [0.1, 0.15) is 5.75 Å². The molecule has 31 heavy (non-hydrogen) atoms. The highest BCUT2D eigenvalue weighted by atomic mass is 16.7. The molecule has 0 atom stereocenters. The number of hydrogen-bond donors (Lipinski definition) is 1. The van der Waals surface area contributed by atoms with Crippen LogP contribution in [0.15, 0.2) is 48.5 Å². The molecule has 0 aliphatic carbocycles. The molecule has 2 aromatic carbocycles. The Labute approximate surface area is 185 Å². The zero-order valence-electron chi connectivity index (χ0n) is 18.7. The summed E-state index contributed by atoms with van der Waals surface area (Å²) in [6.07, 6.45) is 2.37. The molecule has 0 unspecified atom stereocenters. The molecule has 2 saturated heterocycles. The van der Waals surface area contributed by atoms with Crippen LogP contribution < -0.4 is 15.1 Å². The van der Waals surface area contributed by atoms with E-state index in [-0.39, 0.29) is 5.91 Å². The van der Waals surface area contributed by atoms with Crippen LogP contribution in [-0.2, 0) is 4.79 Å². The van der Waals surface area contributed by atoms with Crippen molar-refractivity contribution in [1.29, 1.82) is 0 Å². The second kappa shape index (κ2) is 10.2. The smallest absolute Gasteiger partial charge is 0.221 e. The zero-order valence-corrected chi connectivity index (χ0v) is 18.7. The van der Waals surface area contributed by atoms with E-state index < -0.39 is 0 Å². The summed E-state index contributed by atoms with van der Waals surface area (Å²) in [6, 6.07) is 16.4. The highest BCUT2D eigenvalue weighted by molar-refractivity contribution is 5.89. The van der Waals surface area contributed by atoms with Gasteiger partial charge in [-0.05, 0) is 56.0 Å². The van der Waals surface area contributed by atoms with Crippen LogP contribution in [0, 0.1) is 12.8 Å². The fourth-order valence-electron chi connectivity index (χ4n) is 4.47. The van der Waals surface area contributed by atoms with Gasteiger partial charge >= 0.3 is 0 Å². The Balaban J connectivity index is 1.19. The number of aryl methyl sites for hydroxylation is 1. The summed E-state index contributed by atoms with van der Waals surface area (Å²) in [5, 5.41) is 4.99. The average molecular weight is 423 g/mol. The molecular weight excluding hydrogens is 388 g/mol. The Morgan fingerprint density at radius 2 is 1.71 bits per heavy atom. The average Bonchev–Trinajstić information content (AvgIpc) is 2.77. The van der Waals surface area contributed by atoms with Crippen molar-refractivity contribution in [3.05, 3.63) is 54.1 Å². The lowest BCUT2D eigenvalue weighted by Gasteiger charge is -2.39. The number of rotatable bonds is 6. The summed E-state index contributed by atoms with van der Waals surface area (Å²) in [5.74, 6) is 1.65. The number of nitrogens with zero attached hydrogens (tertiary/aromatic N) is 3. The summed E-state index contributed by atoms with van der Waals surface area (Å²) in [5.41, 5.74) is 3.31. The van der Waals surface area contributed by atoms with Crippen LogP contribution in [0.1, 0.15) is 25.3 Å². The second-order valence-corrected chi connectivity index (χ2v) is 8.80. The number of benzene rings is 2. The van der Waals surface area contributed by atoms with Crippen LogP contribution in [0.2, 0.25) is 0 Å². The van der Waals surface area contributed by atoms with E-state index in [0.717, 1.165) is 56.6 Å². The van der Waals surface area contributed by atoms with Gasteiger partial charge < -0.3 is 15.1 Å². The fraction of sp³-hybridized carbons (Fsp3) is 0.480. The van der Waals surface area contributed by atoms with Crippen molar-refractivity contribution < 1.29 is 9.63 Å². The van der Waals surface area contributed by atoms with Crippen molar-refractivity contribution in [2.24, 2.45) is 5.92 Å². The first-order chi connectivity index (χ1) is 15.0. The first kappa shape index (κ1) is 21.7. The standard InChI is InChI=1S/C25H34N4O2/c1-20-6-8-25(9-7-20)31-29-12-10-22(11-13-29)19-27-14-16-28(17-15-27)24-5-3-4-23(18-24)26-21(2)30/h3-9,18,22H,10-17,19H2,1-2H3,(H,26,30). The Morgan fingerprint density at radius 1 is 1.00 bits per heavy atom. The topological polar surface area (TPSA) is 48.1 Å². The molecule has 2 heterocycles. The van der Waals surface area contributed by atoms with E-state index in [2.05, 4.69) is 51.4 Å². The molecule has 0 saturated carbocycles. The van der Waals surface area contributed by atoms with Gasteiger partial charge in [-0.2, -0.15) is 0 Å². The fourth-order valence-corrected chi connectivity index (χ4v) is 4.47. The van der Waals surface area contributed by atoms with E-state index in [1.165, 1.54) is 30.6 Å². The molecule has 166 valence electrons. The molecular formula is C25H34N4O2. The van der Waals surface area contributed by atoms with Crippen LogP contribution in [0.5, 0.6) is 5.75 Å². The number of hydrogen-bond acceptors (Lipinski definition) is 5. The van der Waals surface area contributed by atoms with E-state index in [0.29, 0.717) is 0 Å². The van der Waals surface area contributed by atoms with E-state index >= 15 is 0 Å². The summed E-state index contributed by atoms with van der Waals surface area (Å²) in [6.45, 7) is 11.0. The minimum Gasteiger partial charge on any atom is -0.406 e. The summed E-state index contributed by atoms with van der Waals surface area (Å²) in [7, 11) is 0. The lowest BCUT2D eigenvalue weighted by Crippen LogP contribution is -2.49. The van der Waals surface area contributed by atoms with Gasteiger partial charge in [-0.15, -0.1) is 5.06 Å². The number of carbonyl (C=O) groups is 1. The first-order valence-electron chi connectivity index (χ1n) is 11.4. The van der Waals surface area contributed by atoms with E-state index in [9.17, 15) is 4.79 Å². The van der Waals surface area contributed by atoms with Gasteiger partial charge in [-0.25, -0.2) is 0 Å². The van der Waals surface area contributed by atoms with Gasteiger partial charge in [-0.1, -0.05) is 23.8 Å². The number of piperidine rings is 1. The van der Waals surface area contributed by atoms with Crippen LogP contribution in [0.25, 0.3) is 0 Å². The van der Waals surface area contributed by atoms with Gasteiger partial charge in [0.05, 0.1) is 0 Å². The molecule has 6 nitrogen and oxygen atoms in total. The summed E-state index contributed by atoms with van der Waals surface area (Å²) >= 11 is 0. The van der Waals surface area contributed by atoms with Gasteiger partial charge in [0.25, 0.3) is 0 Å². The first-order valence-corrected chi connectivity index (χ1v) is 11.4. The lowest BCUT2D eigenvalue weighted by molar-refractivity contribution is -0.114. The van der Waals surface area contributed by atoms with Crippen LogP contribution >= 0.6 is 0 Å². The molecule has 2 aromatic rings. The number of anilines is 2. The largest absolute Gasteiger partial charge is 0.406 e. The SMILES string of the molecule is CC(=O)Nc1cccc(N2CCN(CC3CCN(Oc4ccc(C)cc4)CC3)CC2)c1. The molecule has 1 amide bonds. The van der Waals surface area contributed by atoms with E-state index in [4.69, 9.17) is 4.84 Å². The molecule has 0 spiro atoms. The molecule has 4 rings (SSSR count). The Kier molecular flexibility index (Phi) is 7.10. The van der Waals surface area contributed by atoms with E-state index in [1.807, 2.05) is 24.3 Å². The van der Waals surface area contributed by atoms with Gasteiger partial charge in [0.2, 0.25) is 5.91 Å². The molecule has 0 bridgehead atoms. The predicted octanol–water partition coefficient (Wildman–Crippen LogP) is 3.78. The highest BCUT2D eigenvalue weighted by Gasteiger charge is 2.25. The predicted molar refractivity (Wildman–Crippen MR) is 126 cm³/mol. The Bertz CT molecular complexity index is 854. The van der Waals surface area contributed by atoms with Crippen molar-refractivity contribution in [2.75, 3.05) is 56.0 Å². The van der Waals surface area contributed by atoms with Gasteiger partial charge in [-0.3, -0.25) is 9.69 Å². The highest BCUT2D eigenvalue weighted by Crippen LogP contribution is 2.24. The van der Waals surface area contributed by atoms with Crippen molar-refractivity contribution in [3.8, 4) is 5.75 Å². The lowest BCUT2D eigenvalue weighted by atomic mass is 9.97. The number of carbonyl (C=O) groups excluding carboxylic acids is 1. The van der Waals surface area contributed by atoms with Crippen molar-refractivity contribution in [3.63, 3.8) is 0 Å².